The molecule has 3 N–H and O–H groups in total. The van der Waals surface area contributed by atoms with Gasteiger partial charge in [0, 0.05) is 13.2 Å². The third kappa shape index (κ3) is 2.65. The zero-order chi connectivity index (χ0) is 12.3. The maximum absolute atomic E-state index is 11.0. The number of carboxylic acid groups (broad SMARTS) is 1. The molecule has 1 atom stereocenters. The Morgan fingerprint density at radius 3 is 2.65 bits per heavy atom. The van der Waals surface area contributed by atoms with Crippen molar-refractivity contribution in [3.8, 4) is 0 Å². The summed E-state index contributed by atoms with van der Waals surface area (Å²) in [6.07, 6.45) is 1.87. The minimum Gasteiger partial charge on any atom is -0.480 e. The Balaban J connectivity index is 2.29. The van der Waals surface area contributed by atoms with Crippen LogP contribution in [-0.2, 0) is 9.53 Å². The lowest BCUT2D eigenvalue weighted by Crippen LogP contribution is -2.24. The van der Waals surface area contributed by atoms with E-state index in [1.807, 2.05) is 24.3 Å². The lowest BCUT2D eigenvalue weighted by atomic mass is 9.86. The summed E-state index contributed by atoms with van der Waals surface area (Å²) in [4.78, 5) is 11.0. The van der Waals surface area contributed by atoms with Gasteiger partial charge in [-0.2, -0.15) is 0 Å². The van der Waals surface area contributed by atoms with E-state index < -0.39 is 12.0 Å². The molecular weight excluding hydrogens is 218 g/mol. The molecule has 1 aliphatic heterocycles. The topological polar surface area (TPSA) is 72.6 Å². The van der Waals surface area contributed by atoms with Gasteiger partial charge < -0.3 is 15.6 Å². The molecular formula is C13H17NO3. The van der Waals surface area contributed by atoms with Gasteiger partial charge in [0.1, 0.15) is 6.04 Å². The molecule has 1 saturated heterocycles. The van der Waals surface area contributed by atoms with Crippen LogP contribution < -0.4 is 5.73 Å². The summed E-state index contributed by atoms with van der Waals surface area (Å²) in [7, 11) is 0. The van der Waals surface area contributed by atoms with Crippen molar-refractivity contribution < 1.29 is 14.6 Å². The van der Waals surface area contributed by atoms with Gasteiger partial charge in [0.2, 0.25) is 0 Å². The minimum atomic E-state index is -0.982. The van der Waals surface area contributed by atoms with Crippen LogP contribution in [0.1, 0.15) is 35.9 Å². The largest absolute Gasteiger partial charge is 0.480 e. The molecule has 0 spiro atoms. The molecule has 2 rings (SSSR count). The van der Waals surface area contributed by atoms with Gasteiger partial charge >= 0.3 is 5.97 Å². The fraction of sp³-hybridized carbons (Fsp3) is 0.462. The van der Waals surface area contributed by atoms with Crippen LogP contribution in [-0.4, -0.2) is 24.3 Å². The summed E-state index contributed by atoms with van der Waals surface area (Å²) in [5, 5.41) is 9.01. The second kappa shape index (κ2) is 5.29. The standard InChI is InChI=1S/C13H17NO3/c14-12(13(15)16)11-4-2-1-3-10(11)9-5-7-17-8-6-9/h1-4,9,12H,5-8,14H2,(H,15,16). The van der Waals surface area contributed by atoms with E-state index in [9.17, 15) is 4.79 Å². The fourth-order valence-electron chi connectivity index (χ4n) is 2.31. The highest BCUT2D eigenvalue weighted by Gasteiger charge is 2.23. The van der Waals surface area contributed by atoms with Crippen molar-refractivity contribution in [2.45, 2.75) is 24.8 Å². The molecule has 1 fully saturated rings. The van der Waals surface area contributed by atoms with Crippen LogP contribution in [0.3, 0.4) is 0 Å². The molecule has 4 nitrogen and oxygen atoms in total. The molecule has 0 amide bonds. The number of carbonyl (C=O) groups is 1. The van der Waals surface area contributed by atoms with Crippen molar-refractivity contribution in [2.75, 3.05) is 13.2 Å². The van der Waals surface area contributed by atoms with Crippen LogP contribution in [0, 0.1) is 0 Å². The van der Waals surface area contributed by atoms with Crippen molar-refractivity contribution in [3.63, 3.8) is 0 Å². The molecule has 0 radical (unpaired) electrons. The first-order chi connectivity index (χ1) is 8.20. The first-order valence-electron chi connectivity index (χ1n) is 5.85. The molecule has 17 heavy (non-hydrogen) atoms. The molecule has 0 aromatic heterocycles. The highest BCUT2D eigenvalue weighted by molar-refractivity contribution is 5.75. The van der Waals surface area contributed by atoms with Crippen LogP contribution in [0.4, 0.5) is 0 Å². The average Bonchev–Trinajstić information content (AvgIpc) is 2.39. The van der Waals surface area contributed by atoms with E-state index in [0.29, 0.717) is 5.92 Å². The van der Waals surface area contributed by atoms with Crippen LogP contribution in [0.25, 0.3) is 0 Å². The second-order valence-corrected chi connectivity index (χ2v) is 4.33. The van der Waals surface area contributed by atoms with Gasteiger partial charge in [0.25, 0.3) is 0 Å². The summed E-state index contributed by atoms with van der Waals surface area (Å²) in [6, 6.07) is 6.62. The third-order valence-electron chi connectivity index (χ3n) is 3.26. The number of ether oxygens (including phenoxy) is 1. The summed E-state index contributed by atoms with van der Waals surface area (Å²) in [5.41, 5.74) is 7.50. The van der Waals surface area contributed by atoms with E-state index in [1.54, 1.807) is 0 Å². The summed E-state index contributed by atoms with van der Waals surface area (Å²) >= 11 is 0. The molecule has 1 heterocycles. The lowest BCUT2D eigenvalue weighted by Gasteiger charge is -2.25. The van der Waals surface area contributed by atoms with E-state index in [2.05, 4.69) is 0 Å². The number of rotatable bonds is 3. The Morgan fingerprint density at radius 1 is 1.35 bits per heavy atom. The van der Waals surface area contributed by atoms with Crippen molar-refractivity contribution in [3.05, 3.63) is 35.4 Å². The van der Waals surface area contributed by atoms with E-state index in [1.165, 1.54) is 0 Å². The number of hydrogen-bond donors (Lipinski definition) is 2. The van der Waals surface area contributed by atoms with E-state index in [0.717, 1.165) is 37.2 Å². The van der Waals surface area contributed by atoms with Gasteiger partial charge in [-0.05, 0) is 29.9 Å². The van der Waals surface area contributed by atoms with E-state index in [4.69, 9.17) is 15.6 Å². The Labute approximate surface area is 100 Å². The van der Waals surface area contributed by atoms with Gasteiger partial charge in [-0.1, -0.05) is 24.3 Å². The zero-order valence-corrected chi connectivity index (χ0v) is 9.63. The number of nitrogens with two attached hydrogens (primary N) is 1. The molecule has 1 unspecified atom stereocenters. The monoisotopic (exact) mass is 235 g/mol. The predicted octanol–water partition coefficient (Wildman–Crippen LogP) is 1.66. The normalized spacial score (nSPS) is 18.9. The van der Waals surface area contributed by atoms with E-state index >= 15 is 0 Å². The number of benzene rings is 1. The van der Waals surface area contributed by atoms with E-state index in [-0.39, 0.29) is 0 Å². The first kappa shape index (κ1) is 12.1. The predicted molar refractivity (Wildman–Crippen MR) is 63.8 cm³/mol. The molecule has 1 aliphatic rings. The summed E-state index contributed by atoms with van der Waals surface area (Å²) in [5.74, 6) is -0.616. The lowest BCUT2D eigenvalue weighted by molar-refractivity contribution is -0.138. The van der Waals surface area contributed by atoms with Gasteiger partial charge in [-0.3, -0.25) is 4.79 Å². The Bertz CT molecular complexity index is 399. The third-order valence-corrected chi connectivity index (χ3v) is 3.26. The Kier molecular flexibility index (Phi) is 3.76. The fourth-order valence-corrected chi connectivity index (χ4v) is 2.31. The van der Waals surface area contributed by atoms with Gasteiger partial charge in [-0.15, -0.1) is 0 Å². The first-order valence-corrected chi connectivity index (χ1v) is 5.85. The average molecular weight is 235 g/mol. The molecule has 4 heteroatoms. The van der Waals surface area contributed by atoms with Crippen LogP contribution in [0.15, 0.2) is 24.3 Å². The van der Waals surface area contributed by atoms with Crippen LogP contribution in [0.2, 0.25) is 0 Å². The maximum atomic E-state index is 11.0. The molecule has 0 bridgehead atoms. The minimum absolute atomic E-state index is 0.366. The Morgan fingerprint density at radius 2 is 2.00 bits per heavy atom. The maximum Gasteiger partial charge on any atom is 0.325 e. The summed E-state index contributed by atoms with van der Waals surface area (Å²) in [6.45, 7) is 1.47. The highest BCUT2D eigenvalue weighted by atomic mass is 16.5. The van der Waals surface area contributed by atoms with Crippen molar-refractivity contribution >= 4 is 5.97 Å². The highest BCUT2D eigenvalue weighted by Crippen LogP contribution is 2.31. The van der Waals surface area contributed by atoms with Crippen molar-refractivity contribution in [1.29, 1.82) is 0 Å². The van der Waals surface area contributed by atoms with Crippen molar-refractivity contribution in [1.82, 2.24) is 0 Å². The SMILES string of the molecule is NC(C(=O)O)c1ccccc1C1CCOCC1. The number of aliphatic carboxylic acids is 1. The van der Waals surface area contributed by atoms with Crippen LogP contribution in [0.5, 0.6) is 0 Å². The smallest absolute Gasteiger partial charge is 0.325 e. The second-order valence-electron chi connectivity index (χ2n) is 4.33. The molecule has 0 saturated carbocycles. The van der Waals surface area contributed by atoms with Crippen LogP contribution >= 0.6 is 0 Å². The number of hydrogen-bond acceptors (Lipinski definition) is 3. The van der Waals surface area contributed by atoms with Gasteiger partial charge in [-0.25, -0.2) is 0 Å². The molecule has 92 valence electrons. The zero-order valence-electron chi connectivity index (χ0n) is 9.63. The Hall–Kier alpha value is -1.39. The van der Waals surface area contributed by atoms with Crippen molar-refractivity contribution in [2.24, 2.45) is 5.73 Å². The molecule has 1 aromatic rings. The van der Waals surface area contributed by atoms with Gasteiger partial charge in [0.05, 0.1) is 0 Å². The van der Waals surface area contributed by atoms with Gasteiger partial charge in [0.15, 0.2) is 0 Å². The summed E-state index contributed by atoms with van der Waals surface area (Å²) < 4.78 is 5.32. The number of carboxylic acids is 1. The molecule has 0 aliphatic carbocycles. The molecule has 1 aromatic carbocycles. The quantitative estimate of drug-likeness (QED) is 0.835.